The van der Waals surface area contributed by atoms with Gasteiger partial charge in [0.15, 0.2) is 10.8 Å². The van der Waals surface area contributed by atoms with Crippen molar-refractivity contribution >= 4 is 50.2 Å². The van der Waals surface area contributed by atoms with Gasteiger partial charge in [0.05, 0.1) is 26.1 Å². The van der Waals surface area contributed by atoms with Gasteiger partial charge in [0.2, 0.25) is 5.91 Å². The molecule has 1 aliphatic heterocycles. The van der Waals surface area contributed by atoms with Crippen molar-refractivity contribution < 1.29 is 14.3 Å². The summed E-state index contributed by atoms with van der Waals surface area (Å²) in [6.07, 6.45) is 1.49. The quantitative estimate of drug-likeness (QED) is 0.484. The van der Waals surface area contributed by atoms with Gasteiger partial charge in [0.25, 0.3) is 0 Å². The Morgan fingerprint density at radius 1 is 1.29 bits per heavy atom. The first-order valence-corrected chi connectivity index (χ1v) is 10.5. The van der Waals surface area contributed by atoms with E-state index in [0.717, 1.165) is 39.4 Å². The van der Waals surface area contributed by atoms with Crippen LogP contribution in [-0.4, -0.2) is 60.0 Å². The number of thiazole rings is 1. The van der Waals surface area contributed by atoms with E-state index in [4.69, 9.17) is 9.47 Å². The number of benzene rings is 1. The van der Waals surface area contributed by atoms with Crippen LogP contribution in [0.2, 0.25) is 0 Å². The molecule has 1 amide bonds. The second-order valence-corrected chi connectivity index (χ2v) is 7.93. The Bertz CT molecular complexity index is 958. The molecule has 0 atom stereocenters. The lowest BCUT2D eigenvalue weighted by molar-refractivity contribution is -0.113. The third-order valence-corrected chi connectivity index (χ3v) is 6.37. The van der Waals surface area contributed by atoms with Crippen LogP contribution in [0.15, 0.2) is 35.6 Å². The minimum absolute atomic E-state index is 0.0974. The average Bonchev–Trinajstić information content (AvgIpc) is 3.18. The number of amides is 1. The zero-order valence-corrected chi connectivity index (χ0v) is 16.9. The third kappa shape index (κ3) is 4.34. The highest BCUT2D eigenvalue weighted by Crippen LogP contribution is 2.34. The smallest absolute Gasteiger partial charge is 0.234 e. The molecule has 0 saturated carbocycles. The lowest BCUT2D eigenvalue weighted by Crippen LogP contribution is -2.36. The second-order valence-electron chi connectivity index (χ2n) is 5.99. The molecule has 2 aromatic heterocycles. The lowest BCUT2D eigenvalue weighted by atomic mass is 10.3. The van der Waals surface area contributed by atoms with Crippen LogP contribution in [0.25, 0.3) is 10.3 Å². The molecule has 28 heavy (non-hydrogen) atoms. The number of hydrogen-bond acceptors (Lipinski definition) is 9. The molecule has 146 valence electrons. The number of nitrogens with zero attached hydrogens (tertiary/aromatic N) is 4. The summed E-state index contributed by atoms with van der Waals surface area (Å²) in [5.74, 6) is 0.903. The zero-order valence-electron chi connectivity index (χ0n) is 15.3. The summed E-state index contributed by atoms with van der Waals surface area (Å²) in [4.78, 5) is 27.7. The third-order valence-electron chi connectivity index (χ3n) is 4.14. The van der Waals surface area contributed by atoms with Gasteiger partial charge in [-0.05, 0) is 24.3 Å². The fourth-order valence-electron chi connectivity index (χ4n) is 2.72. The van der Waals surface area contributed by atoms with Gasteiger partial charge in [-0.25, -0.2) is 9.97 Å². The number of methoxy groups -OCH3 is 1. The van der Waals surface area contributed by atoms with Crippen LogP contribution in [0.1, 0.15) is 0 Å². The highest BCUT2D eigenvalue weighted by Gasteiger charge is 2.18. The highest BCUT2D eigenvalue weighted by molar-refractivity contribution is 8.00. The van der Waals surface area contributed by atoms with Gasteiger partial charge < -0.3 is 19.7 Å². The van der Waals surface area contributed by atoms with E-state index in [1.165, 1.54) is 18.1 Å². The molecule has 0 unspecified atom stereocenters. The van der Waals surface area contributed by atoms with Gasteiger partial charge in [-0.2, -0.15) is 4.98 Å². The minimum Gasteiger partial charge on any atom is -0.497 e. The van der Waals surface area contributed by atoms with Crippen molar-refractivity contribution in [3.63, 3.8) is 0 Å². The first kappa shape index (κ1) is 18.9. The van der Waals surface area contributed by atoms with Crippen molar-refractivity contribution in [2.45, 2.75) is 5.03 Å². The number of morpholine rings is 1. The standard InChI is InChI=1S/C18H19N5O3S2/c1-25-13-4-2-12(3-5-13)21-14(24)10-27-17-15-16(19-11-20-17)22-18(28-15)23-6-8-26-9-7-23/h2-5,11H,6-10H2,1H3,(H,21,24). The number of aromatic nitrogens is 3. The number of carbonyl (C=O) groups is 1. The van der Waals surface area contributed by atoms with E-state index in [0.29, 0.717) is 18.9 Å². The van der Waals surface area contributed by atoms with Crippen LogP contribution in [-0.2, 0) is 9.53 Å². The molecule has 0 aliphatic carbocycles. The Hall–Kier alpha value is -2.43. The molecule has 3 aromatic rings. The summed E-state index contributed by atoms with van der Waals surface area (Å²) in [6.45, 7) is 3.05. The van der Waals surface area contributed by atoms with Gasteiger partial charge in [-0.1, -0.05) is 23.1 Å². The van der Waals surface area contributed by atoms with Crippen LogP contribution in [0, 0.1) is 0 Å². The number of carbonyl (C=O) groups excluding carboxylic acids is 1. The van der Waals surface area contributed by atoms with Gasteiger partial charge in [0.1, 0.15) is 21.8 Å². The molecule has 1 aromatic carbocycles. The Balaban J connectivity index is 1.42. The van der Waals surface area contributed by atoms with Gasteiger partial charge in [-0.3, -0.25) is 4.79 Å². The molecule has 3 heterocycles. The fraction of sp³-hybridized carbons (Fsp3) is 0.333. The van der Waals surface area contributed by atoms with E-state index in [-0.39, 0.29) is 11.7 Å². The maximum Gasteiger partial charge on any atom is 0.234 e. The summed E-state index contributed by atoms with van der Waals surface area (Å²) in [5, 5.41) is 4.57. The lowest BCUT2D eigenvalue weighted by Gasteiger charge is -2.25. The Morgan fingerprint density at radius 3 is 2.82 bits per heavy atom. The number of rotatable bonds is 6. The normalized spacial score (nSPS) is 14.2. The molecule has 1 aliphatic rings. The average molecular weight is 418 g/mol. The van der Waals surface area contributed by atoms with Gasteiger partial charge in [0, 0.05) is 18.8 Å². The van der Waals surface area contributed by atoms with Crippen molar-refractivity contribution in [1.82, 2.24) is 15.0 Å². The molecule has 0 spiro atoms. The van der Waals surface area contributed by atoms with Crippen LogP contribution in [0.4, 0.5) is 10.8 Å². The van der Waals surface area contributed by atoms with Gasteiger partial charge >= 0.3 is 0 Å². The van der Waals surface area contributed by atoms with Crippen LogP contribution < -0.4 is 15.0 Å². The van der Waals surface area contributed by atoms with Crippen LogP contribution in [0.3, 0.4) is 0 Å². The second kappa shape index (κ2) is 8.72. The zero-order chi connectivity index (χ0) is 19.3. The molecule has 0 bridgehead atoms. The number of anilines is 2. The number of hydrogen-bond donors (Lipinski definition) is 1. The SMILES string of the molecule is COc1ccc(NC(=O)CSc2ncnc3nc(N4CCOCC4)sc23)cc1. The van der Waals surface area contributed by atoms with E-state index in [1.54, 1.807) is 30.6 Å². The molecule has 1 N–H and O–H groups in total. The monoisotopic (exact) mass is 417 g/mol. The Kier molecular flexibility index (Phi) is 5.89. The van der Waals surface area contributed by atoms with E-state index in [1.807, 2.05) is 12.1 Å². The highest BCUT2D eigenvalue weighted by atomic mass is 32.2. The largest absolute Gasteiger partial charge is 0.497 e. The topological polar surface area (TPSA) is 89.5 Å². The van der Waals surface area contributed by atoms with E-state index in [9.17, 15) is 4.79 Å². The van der Waals surface area contributed by atoms with Crippen LogP contribution in [0.5, 0.6) is 5.75 Å². The molecular formula is C18H19N5O3S2. The number of fused-ring (bicyclic) bond motifs is 1. The van der Waals surface area contributed by atoms with Crippen molar-refractivity contribution in [2.24, 2.45) is 0 Å². The number of ether oxygens (including phenoxy) is 2. The summed E-state index contributed by atoms with van der Waals surface area (Å²) in [7, 11) is 1.61. The maximum atomic E-state index is 12.3. The summed E-state index contributed by atoms with van der Waals surface area (Å²) in [5.41, 5.74) is 1.39. The van der Waals surface area contributed by atoms with Crippen molar-refractivity contribution in [1.29, 1.82) is 0 Å². The van der Waals surface area contributed by atoms with Crippen molar-refractivity contribution in [3.8, 4) is 5.75 Å². The number of thioether (sulfide) groups is 1. The molecule has 0 radical (unpaired) electrons. The molecule has 1 fully saturated rings. The van der Waals surface area contributed by atoms with E-state index in [2.05, 4.69) is 25.2 Å². The Morgan fingerprint density at radius 2 is 2.07 bits per heavy atom. The molecular weight excluding hydrogens is 398 g/mol. The predicted octanol–water partition coefficient (Wildman–Crippen LogP) is 2.66. The summed E-state index contributed by atoms with van der Waals surface area (Å²) < 4.78 is 11.4. The van der Waals surface area contributed by atoms with Crippen LogP contribution >= 0.6 is 23.1 Å². The first-order chi connectivity index (χ1) is 13.7. The molecule has 1 saturated heterocycles. The van der Waals surface area contributed by atoms with Crippen molar-refractivity contribution in [2.75, 3.05) is 49.4 Å². The summed E-state index contributed by atoms with van der Waals surface area (Å²) in [6, 6.07) is 7.23. The number of nitrogens with one attached hydrogen (secondary N) is 1. The summed E-state index contributed by atoms with van der Waals surface area (Å²) >= 11 is 2.94. The Labute approximate surface area is 170 Å². The fourth-order valence-corrected chi connectivity index (χ4v) is 4.66. The van der Waals surface area contributed by atoms with E-state index >= 15 is 0 Å². The molecule has 4 rings (SSSR count). The van der Waals surface area contributed by atoms with Crippen molar-refractivity contribution in [3.05, 3.63) is 30.6 Å². The van der Waals surface area contributed by atoms with E-state index < -0.39 is 0 Å². The molecule has 10 heteroatoms. The minimum atomic E-state index is -0.0974. The predicted molar refractivity (Wildman–Crippen MR) is 111 cm³/mol. The maximum absolute atomic E-state index is 12.3. The molecule has 8 nitrogen and oxygen atoms in total. The first-order valence-electron chi connectivity index (χ1n) is 8.74. The van der Waals surface area contributed by atoms with Gasteiger partial charge in [-0.15, -0.1) is 0 Å².